The molecule has 2 aromatic heterocycles. The molecule has 1 aliphatic carbocycles. The van der Waals surface area contributed by atoms with E-state index in [-0.39, 0.29) is 17.6 Å². The van der Waals surface area contributed by atoms with E-state index in [0.717, 1.165) is 31.2 Å². The third kappa shape index (κ3) is 6.54. The summed E-state index contributed by atoms with van der Waals surface area (Å²) >= 11 is 14.7. The number of hydrogen-bond donors (Lipinski definition) is 2. The summed E-state index contributed by atoms with van der Waals surface area (Å²) in [6, 6.07) is 6.96. The van der Waals surface area contributed by atoms with E-state index in [9.17, 15) is 14.9 Å². The van der Waals surface area contributed by atoms with Crippen LogP contribution in [0, 0.1) is 11.3 Å². The minimum Gasteiger partial charge on any atom is -0.352 e. The Kier molecular flexibility index (Phi) is 9.27. The molecule has 4 rings (SSSR count). The molecule has 0 saturated heterocycles. The van der Waals surface area contributed by atoms with Gasteiger partial charge < -0.3 is 15.2 Å². The number of carbonyl (C=O) groups excluding carboxylic acids is 2. The molecule has 2 amide bonds. The monoisotopic (exact) mass is 574 g/mol. The van der Waals surface area contributed by atoms with Crippen LogP contribution >= 0.6 is 46.3 Å². The Bertz CT molecular complexity index is 1380. The van der Waals surface area contributed by atoms with Crippen LogP contribution in [0.25, 0.3) is 0 Å². The number of amides is 2. The second-order valence-electron chi connectivity index (χ2n) is 8.30. The van der Waals surface area contributed by atoms with Crippen molar-refractivity contribution in [1.29, 1.82) is 5.26 Å². The number of aryl methyl sites for hydroxylation is 1. The predicted molar refractivity (Wildman–Crippen MR) is 148 cm³/mol. The summed E-state index contributed by atoms with van der Waals surface area (Å²) in [5.41, 5.74) is 2.09. The molecule has 0 aliphatic heterocycles. The Labute approximate surface area is 233 Å². The molecule has 12 heteroatoms. The van der Waals surface area contributed by atoms with E-state index < -0.39 is 0 Å². The van der Waals surface area contributed by atoms with Crippen molar-refractivity contribution in [3.63, 3.8) is 0 Å². The van der Waals surface area contributed by atoms with Gasteiger partial charge in [-0.3, -0.25) is 9.59 Å². The van der Waals surface area contributed by atoms with E-state index >= 15 is 0 Å². The normalized spacial score (nSPS) is 12.5. The third-order valence-electron chi connectivity index (χ3n) is 5.79. The van der Waals surface area contributed by atoms with Crippen molar-refractivity contribution in [3.05, 3.63) is 68.3 Å². The van der Waals surface area contributed by atoms with Crippen LogP contribution in [0.2, 0.25) is 10.0 Å². The number of thiophene rings is 1. The number of nitrogens with zero attached hydrogens (tertiary/aromatic N) is 4. The second-order valence-corrected chi connectivity index (χ2v) is 11.2. The Morgan fingerprint density at radius 1 is 1.24 bits per heavy atom. The first-order valence-electron chi connectivity index (χ1n) is 11.6. The molecule has 1 aromatic carbocycles. The SMILES string of the molecule is C=CCn1c(CCNC(=O)c2ccc(Cl)c(Cl)c2)nnc1SCC(=O)Nc1sc2c(c1C#N)CCCC2. The van der Waals surface area contributed by atoms with Gasteiger partial charge in [0.2, 0.25) is 5.91 Å². The summed E-state index contributed by atoms with van der Waals surface area (Å²) in [6.07, 6.45) is 6.19. The minimum atomic E-state index is -0.272. The fourth-order valence-electron chi connectivity index (χ4n) is 4.02. The fourth-order valence-corrected chi connectivity index (χ4v) is 6.34. The minimum absolute atomic E-state index is 0.122. The van der Waals surface area contributed by atoms with Crippen molar-refractivity contribution in [2.24, 2.45) is 0 Å². The molecule has 192 valence electrons. The topological polar surface area (TPSA) is 113 Å². The van der Waals surface area contributed by atoms with Gasteiger partial charge in [0, 0.05) is 30.0 Å². The number of anilines is 1. The molecule has 2 N–H and O–H groups in total. The highest BCUT2D eigenvalue weighted by atomic mass is 35.5. The summed E-state index contributed by atoms with van der Waals surface area (Å²) in [5.74, 6) is 0.307. The highest BCUT2D eigenvalue weighted by Crippen LogP contribution is 2.37. The Hall–Kier alpha value is -2.84. The molecule has 0 radical (unpaired) electrons. The van der Waals surface area contributed by atoms with Crippen molar-refractivity contribution in [3.8, 4) is 6.07 Å². The Morgan fingerprint density at radius 2 is 2.05 bits per heavy atom. The first kappa shape index (κ1) is 27.2. The van der Waals surface area contributed by atoms with Gasteiger partial charge in [0.15, 0.2) is 5.16 Å². The van der Waals surface area contributed by atoms with Gasteiger partial charge in [-0.05, 0) is 49.4 Å². The van der Waals surface area contributed by atoms with Crippen LogP contribution in [-0.2, 0) is 30.6 Å². The summed E-state index contributed by atoms with van der Waals surface area (Å²) in [4.78, 5) is 26.3. The lowest BCUT2D eigenvalue weighted by Crippen LogP contribution is -2.26. The molecule has 0 spiro atoms. The number of aromatic nitrogens is 3. The summed E-state index contributed by atoms with van der Waals surface area (Å²) in [5, 5.41) is 25.7. The van der Waals surface area contributed by atoms with Gasteiger partial charge in [-0.2, -0.15) is 5.26 Å². The predicted octanol–water partition coefficient (Wildman–Crippen LogP) is 5.29. The van der Waals surface area contributed by atoms with Crippen molar-refractivity contribution >= 4 is 63.1 Å². The molecule has 0 fully saturated rings. The fraction of sp³-hybridized carbons (Fsp3) is 0.320. The van der Waals surface area contributed by atoms with Gasteiger partial charge >= 0.3 is 0 Å². The van der Waals surface area contributed by atoms with Crippen molar-refractivity contribution in [1.82, 2.24) is 20.1 Å². The van der Waals surface area contributed by atoms with Crippen molar-refractivity contribution in [2.45, 2.75) is 43.8 Å². The molecule has 0 bridgehead atoms. The lowest BCUT2D eigenvalue weighted by atomic mass is 9.96. The molecule has 3 aromatic rings. The van der Waals surface area contributed by atoms with Crippen LogP contribution in [0.5, 0.6) is 0 Å². The van der Waals surface area contributed by atoms with Crippen LogP contribution in [0.3, 0.4) is 0 Å². The number of halogens is 2. The standard InChI is InChI=1S/C25H24Cl2N6O2S2/c1-2-11-33-21(9-10-29-23(35)15-7-8-18(26)19(27)12-15)31-32-25(33)36-14-22(34)30-24-17(13-28)16-5-3-4-6-20(16)37-24/h2,7-8,12H,1,3-6,9-11,14H2,(H,29,35)(H,30,34). The number of thioether (sulfide) groups is 1. The zero-order chi connectivity index (χ0) is 26.4. The smallest absolute Gasteiger partial charge is 0.251 e. The Morgan fingerprint density at radius 3 is 2.81 bits per heavy atom. The molecule has 1 aliphatic rings. The number of allylic oxidation sites excluding steroid dienone is 1. The van der Waals surface area contributed by atoms with Gasteiger partial charge in [-0.1, -0.05) is 41.0 Å². The van der Waals surface area contributed by atoms with Crippen LogP contribution in [0.4, 0.5) is 5.00 Å². The van der Waals surface area contributed by atoms with Gasteiger partial charge in [-0.25, -0.2) is 0 Å². The van der Waals surface area contributed by atoms with Crippen LogP contribution in [-0.4, -0.2) is 38.9 Å². The van der Waals surface area contributed by atoms with E-state index in [1.165, 1.54) is 34.0 Å². The molecule has 0 atom stereocenters. The van der Waals surface area contributed by atoms with Crippen molar-refractivity contribution in [2.75, 3.05) is 17.6 Å². The van der Waals surface area contributed by atoms with E-state index in [0.29, 0.717) is 56.7 Å². The number of fused-ring (bicyclic) bond motifs is 1. The van der Waals surface area contributed by atoms with Crippen LogP contribution < -0.4 is 10.6 Å². The first-order valence-corrected chi connectivity index (χ1v) is 14.2. The lowest BCUT2D eigenvalue weighted by Gasteiger charge is -2.09. The average molecular weight is 576 g/mol. The lowest BCUT2D eigenvalue weighted by molar-refractivity contribution is -0.113. The van der Waals surface area contributed by atoms with Crippen LogP contribution in [0.1, 0.15) is 45.0 Å². The summed E-state index contributed by atoms with van der Waals surface area (Å²) in [6.45, 7) is 4.59. The molecule has 37 heavy (non-hydrogen) atoms. The zero-order valence-corrected chi connectivity index (χ0v) is 23.0. The number of hydrogen-bond acceptors (Lipinski definition) is 7. The highest BCUT2D eigenvalue weighted by molar-refractivity contribution is 7.99. The number of carbonyl (C=O) groups is 2. The first-order chi connectivity index (χ1) is 17.9. The molecule has 0 saturated carbocycles. The van der Waals surface area contributed by atoms with Crippen LogP contribution in [0.15, 0.2) is 36.0 Å². The average Bonchev–Trinajstić information content (AvgIpc) is 3.44. The molecular weight excluding hydrogens is 551 g/mol. The maximum atomic E-state index is 12.7. The van der Waals surface area contributed by atoms with Crippen molar-refractivity contribution < 1.29 is 9.59 Å². The maximum Gasteiger partial charge on any atom is 0.251 e. The van der Waals surface area contributed by atoms with E-state index in [1.807, 2.05) is 4.57 Å². The van der Waals surface area contributed by atoms with Gasteiger partial charge in [0.1, 0.15) is 16.9 Å². The Balaban J connectivity index is 1.34. The molecular formula is C25H24Cl2N6O2S2. The number of rotatable bonds is 10. The molecule has 0 unspecified atom stereocenters. The summed E-state index contributed by atoms with van der Waals surface area (Å²) < 4.78 is 1.86. The van der Waals surface area contributed by atoms with E-state index in [1.54, 1.807) is 18.2 Å². The quantitative estimate of drug-likeness (QED) is 0.251. The van der Waals surface area contributed by atoms with Gasteiger partial charge in [-0.15, -0.1) is 28.1 Å². The zero-order valence-electron chi connectivity index (χ0n) is 19.9. The number of nitriles is 1. The molecule has 8 nitrogen and oxygen atoms in total. The highest BCUT2D eigenvalue weighted by Gasteiger charge is 2.22. The third-order valence-corrected chi connectivity index (χ3v) is 8.70. The molecule has 2 heterocycles. The summed E-state index contributed by atoms with van der Waals surface area (Å²) in [7, 11) is 0. The number of benzene rings is 1. The second kappa shape index (κ2) is 12.6. The van der Waals surface area contributed by atoms with Gasteiger partial charge in [0.05, 0.1) is 21.4 Å². The van der Waals surface area contributed by atoms with E-state index in [2.05, 4.69) is 33.5 Å². The number of nitrogens with one attached hydrogen (secondary N) is 2. The van der Waals surface area contributed by atoms with Gasteiger partial charge in [0.25, 0.3) is 5.91 Å². The van der Waals surface area contributed by atoms with E-state index in [4.69, 9.17) is 23.2 Å². The maximum absolute atomic E-state index is 12.7. The largest absolute Gasteiger partial charge is 0.352 e.